The molecule has 90 valence electrons. The van der Waals surface area contributed by atoms with Gasteiger partial charge in [-0.3, -0.25) is 4.68 Å². The molecule has 1 heterocycles. The van der Waals surface area contributed by atoms with Crippen molar-refractivity contribution >= 4 is 5.69 Å². The third-order valence-corrected chi connectivity index (χ3v) is 2.54. The van der Waals surface area contributed by atoms with E-state index >= 15 is 0 Å². The van der Waals surface area contributed by atoms with E-state index in [0.717, 1.165) is 6.54 Å². The van der Waals surface area contributed by atoms with E-state index in [4.69, 9.17) is 10.5 Å². The third kappa shape index (κ3) is 2.08. The van der Waals surface area contributed by atoms with E-state index in [2.05, 4.69) is 5.10 Å². The normalized spacial score (nSPS) is 10.5. The Morgan fingerprint density at radius 1 is 1.47 bits per heavy atom. The molecule has 0 unspecified atom stereocenters. The zero-order valence-electron chi connectivity index (χ0n) is 9.77. The van der Waals surface area contributed by atoms with Gasteiger partial charge in [0.15, 0.2) is 11.6 Å². The number of aryl methyl sites for hydroxylation is 1. The first-order chi connectivity index (χ1) is 8.15. The first kappa shape index (κ1) is 11.4. The summed E-state index contributed by atoms with van der Waals surface area (Å²) < 4.78 is 20.1. The Balaban J connectivity index is 2.45. The van der Waals surface area contributed by atoms with Gasteiger partial charge < -0.3 is 10.5 Å². The Morgan fingerprint density at radius 2 is 2.24 bits per heavy atom. The Bertz CT molecular complexity index is 537. The summed E-state index contributed by atoms with van der Waals surface area (Å²) >= 11 is 0. The lowest BCUT2D eigenvalue weighted by atomic mass is 10.1. The van der Waals surface area contributed by atoms with Gasteiger partial charge in [-0.1, -0.05) is 0 Å². The molecule has 17 heavy (non-hydrogen) atoms. The first-order valence-corrected chi connectivity index (χ1v) is 5.32. The third-order valence-electron chi connectivity index (χ3n) is 2.54. The molecular formula is C12H14FN3O. The number of nitrogen functional groups attached to an aromatic ring is 1. The number of ether oxygens (including phenoxy) is 1. The molecule has 0 spiro atoms. The molecule has 0 saturated carbocycles. The average Bonchev–Trinajstić information content (AvgIpc) is 2.70. The molecule has 2 aromatic rings. The molecule has 0 fully saturated rings. The quantitative estimate of drug-likeness (QED) is 0.888. The van der Waals surface area contributed by atoms with Crippen LogP contribution in [0.25, 0.3) is 11.3 Å². The van der Waals surface area contributed by atoms with E-state index in [1.807, 2.05) is 6.92 Å². The average molecular weight is 235 g/mol. The van der Waals surface area contributed by atoms with Crippen molar-refractivity contribution in [1.29, 1.82) is 0 Å². The Morgan fingerprint density at radius 3 is 2.76 bits per heavy atom. The van der Waals surface area contributed by atoms with Crippen molar-refractivity contribution in [3.63, 3.8) is 0 Å². The number of hydrogen-bond acceptors (Lipinski definition) is 3. The standard InChI is InChI=1S/C12H14FN3O/c1-3-16-7-10(14)12(15-16)8-4-5-11(17-2)9(13)6-8/h4-7H,3,14H2,1-2H3. The van der Waals surface area contributed by atoms with Gasteiger partial charge in [0.2, 0.25) is 0 Å². The predicted molar refractivity (Wildman–Crippen MR) is 64.3 cm³/mol. The van der Waals surface area contributed by atoms with Gasteiger partial charge in [0.05, 0.1) is 12.8 Å². The largest absolute Gasteiger partial charge is 0.494 e. The molecule has 0 aliphatic carbocycles. The lowest BCUT2D eigenvalue weighted by Crippen LogP contribution is -1.94. The molecule has 1 aromatic heterocycles. The SMILES string of the molecule is CCn1cc(N)c(-c2ccc(OC)c(F)c2)n1. The van der Waals surface area contributed by atoms with Crippen LogP contribution in [-0.4, -0.2) is 16.9 Å². The highest BCUT2D eigenvalue weighted by Crippen LogP contribution is 2.28. The van der Waals surface area contributed by atoms with E-state index in [1.54, 1.807) is 23.0 Å². The maximum absolute atomic E-state index is 13.6. The van der Waals surface area contributed by atoms with Gasteiger partial charge in [-0.25, -0.2) is 4.39 Å². The molecule has 1 aromatic carbocycles. The van der Waals surface area contributed by atoms with Crippen molar-refractivity contribution in [1.82, 2.24) is 9.78 Å². The predicted octanol–water partition coefficient (Wildman–Crippen LogP) is 2.30. The Hall–Kier alpha value is -2.04. The van der Waals surface area contributed by atoms with E-state index in [1.165, 1.54) is 13.2 Å². The van der Waals surface area contributed by atoms with Crippen molar-refractivity contribution in [2.75, 3.05) is 12.8 Å². The van der Waals surface area contributed by atoms with Crippen LogP contribution in [0.1, 0.15) is 6.92 Å². The van der Waals surface area contributed by atoms with E-state index in [0.29, 0.717) is 16.9 Å². The van der Waals surface area contributed by atoms with Crippen molar-refractivity contribution in [2.45, 2.75) is 13.5 Å². The molecule has 0 aliphatic heterocycles. The minimum Gasteiger partial charge on any atom is -0.494 e. The van der Waals surface area contributed by atoms with Gasteiger partial charge in [-0.05, 0) is 25.1 Å². The van der Waals surface area contributed by atoms with Crippen LogP contribution in [0.5, 0.6) is 5.75 Å². The summed E-state index contributed by atoms with van der Waals surface area (Å²) in [6.45, 7) is 2.69. The first-order valence-electron chi connectivity index (χ1n) is 5.32. The molecular weight excluding hydrogens is 221 g/mol. The van der Waals surface area contributed by atoms with Crippen LogP contribution in [0.4, 0.5) is 10.1 Å². The Kier molecular flexibility index (Phi) is 2.99. The smallest absolute Gasteiger partial charge is 0.165 e. The van der Waals surface area contributed by atoms with Crippen molar-refractivity contribution < 1.29 is 9.13 Å². The summed E-state index contributed by atoms with van der Waals surface area (Å²) in [7, 11) is 1.43. The summed E-state index contributed by atoms with van der Waals surface area (Å²) in [5, 5.41) is 4.28. The number of nitrogens with zero attached hydrogens (tertiary/aromatic N) is 2. The molecule has 2 N–H and O–H groups in total. The zero-order valence-corrected chi connectivity index (χ0v) is 9.77. The fraction of sp³-hybridized carbons (Fsp3) is 0.250. The van der Waals surface area contributed by atoms with Gasteiger partial charge in [0.25, 0.3) is 0 Å². The summed E-state index contributed by atoms with van der Waals surface area (Å²) in [4.78, 5) is 0. The van der Waals surface area contributed by atoms with Crippen LogP contribution in [0.3, 0.4) is 0 Å². The zero-order chi connectivity index (χ0) is 12.4. The highest BCUT2D eigenvalue weighted by atomic mass is 19.1. The van der Waals surface area contributed by atoms with Crippen molar-refractivity contribution in [2.24, 2.45) is 0 Å². The number of benzene rings is 1. The van der Waals surface area contributed by atoms with Crippen LogP contribution in [0.2, 0.25) is 0 Å². The second-order valence-corrected chi connectivity index (χ2v) is 3.64. The molecule has 0 aliphatic rings. The van der Waals surface area contributed by atoms with E-state index in [9.17, 15) is 4.39 Å². The van der Waals surface area contributed by atoms with Crippen molar-refractivity contribution in [3.05, 3.63) is 30.2 Å². The molecule has 2 rings (SSSR count). The van der Waals surface area contributed by atoms with Crippen LogP contribution >= 0.6 is 0 Å². The molecule has 0 atom stereocenters. The fourth-order valence-corrected chi connectivity index (χ4v) is 1.64. The van der Waals surface area contributed by atoms with Crippen LogP contribution < -0.4 is 10.5 Å². The van der Waals surface area contributed by atoms with Crippen LogP contribution in [0.15, 0.2) is 24.4 Å². The van der Waals surface area contributed by atoms with Gasteiger partial charge in [-0.15, -0.1) is 0 Å². The maximum Gasteiger partial charge on any atom is 0.165 e. The highest BCUT2D eigenvalue weighted by Gasteiger charge is 2.11. The number of aromatic nitrogens is 2. The van der Waals surface area contributed by atoms with E-state index < -0.39 is 5.82 Å². The molecule has 4 nitrogen and oxygen atoms in total. The molecule has 0 bridgehead atoms. The second-order valence-electron chi connectivity index (χ2n) is 3.64. The second kappa shape index (κ2) is 4.45. The summed E-state index contributed by atoms with van der Waals surface area (Å²) in [6, 6.07) is 4.67. The monoisotopic (exact) mass is 235 g/mol. The molecule has 5 heteroatoms. The van der Waals surface area contributed by atoms with Crippen molar-refractivity contribution in [3.8, 4) is 17.0 Å². The summed E-state index contributed by atoms with van der Waals surface area (Å²) in [5.74, 6) is -0.210. The number of rotatable bonds is 3. The van der Waals surface area contributed by atoms with Gasteiger partial charge in [0.1, 0.15) is 5.69 Å². The van der Waals surface area contributed by atoms with Crippen LogP contribution in [-0.2, 0) is 6.54 Å². The summed E-state index contributed by atoms with van der Waals surface area (Å²) in [5.41, 5.74) is 7.61. The number of hydrogen-bond donors (Lipinski definition) is 1. The topological polar surface area (TPSA) is 53.1 Å². The molecule has 0 radical (unpaired) electrons. The van der Waals surface area contributed by atoms with Gasteiger partial charge >= 0.3 is 0 Å². The number of nitrogens with two attached hydrogens (primary N) is 1. The number of halogens is 1. The fourth-order valence-electron chi connectivity index (χ4n) is 1.64. The molecule has 0 amide bonds. The Labute approximate surface area is 98.8 Å². The maximum atomic E-state index is 13.6. The van der Waals surface area contributed by atoms with E-state index in [-0.39, 0.29) is 5.75 Å². The number of anilines is 1. The van der Waals surface area contributed by atoms with Gasteiger partial charge in [-0.2, -0.15) is 5.10 Å². The molecule has 0 saturated heterocycles. The van der Waals surface area contributed by atoms with Crippen LogP contribution in [0, 0.1) is 5.82 Å². The minimum absolute atomic E-state index is 0.210. The number of methoxy groups -OCH3 is 1. The lowest BCUT2D eigenvalue weighted by molar-refractivity contribution is 0.386. The highest BCUT2D eigenvalue weighted by molar-refractivity contribution is 5.72. The van der Waals surface area contributed by atoms with Gasteiger partial charge in [0, 0.05) is 18.3 Å². The minimum atomic E-state index is -0.421. The summed E-state index contributed by atoms with van der Waals surface area (Å²) in [6.07, 6.45) is 1.73. The lowest BCUT2D eigenvalue weighted by Gasteiger charge is -2.03.